The molecule has 3 heterocycles. The number of imidazole rings is 1. The molecule has 4 aromatic rings. The third-order valence-corrected chi connectivity index (χ3v) is 4.99. The smallest absolute Gasteiger partial charge is 0.269 e. The van der Waals surface area contributed by atoms with Crippen LogP contribution in [0.2, 0.25) is 5.02 Å². The van der Waals surface area contributed by atoms with Crippen molar-refractivity contribution in [1.82, 2.24) is 18.9 Å². The van der Waals surface area contributed by atoms with Crippen LogP contribution in [0.25, 0.3) is 16.7 Å². The van der Waals surface area contributed by atoms with Crippen molar-refractivity contribution in [3.63, 3.8) is 0 Å². The summed E-state index contributed by atoms with van der Waals surface area (Å²) in [5.41, 5.74) is 1.51. The Labute approximate surface area is 155 Å². The van der Waals surface area contributed by atoms with Gasteiger partial charge in [0.1, 0.15) is 5.65 Å². The van der Waals surface area contributed by atoms with Crippen LogP contribution in [-0.4, -0.2) is 18.9 Å². The number of halogens is 3. The molecule has 0 spiro atoms. The number of para-hydroxylation sites is 2. The SMILES string of the molecule is O=c1cc(CSc2nc3ccccc3n2C(F)F)nc2ccc(Cl)cn12. The van der Waals surface area contributed by atoms with Crippen molar-refractivity contribution in [3.05, 3.63) is 69.7 Å². The van der Waals surface area contributed by atoms with Gasteiger partial charge in [0, 0.05) is 18.0 Å². The monoisotopic (exact) mass is 392 g/mol. The summed E-state index contributed by atoms with van der Waals surface area (Å²) in [5, 5.41) is 0.605. The Morgan fingerprint density at radius 3 is 2.77 bits per heavy atom. The fraction of sp³-hybridized carbons (Fsp3) is 0.118. The maximum absolute atomic E-state index is 13.5. The Morgan fingerprint density at radius 1 is 1.15 bits per heavy atom. The van der Waals surface area contributed by atoms with E-state index in [2.05, 4.69) is 9.97 Å². The minimum Gasteiger partial charge on any atom is -0.269 e. The molecule has 3 aromatic heterocycles. The lowest BCUT2D eigenvalue weighted by Crippen LogP contribution is -2.15. The van der Waals surface area contributed by atoms with Crippen molar-refractivity contribution < 1.29 is 8.78 Å². The molecular weight excluding hydrogens is 382 g/mol. The van der Waals surface area contributed by atoms with Gasteiger partial charge in [-0.3, -0.25) is 13.8 Å². The van der Waals surface area contributed by atoms with Crippen LogP contribution in [0.3, 0.4) is 0 Å². The quantitative estimate of drug-likeness (QED) is 0.483. The van der Waals surface area contributed by atoms with Gasteiger partial charge in [-0.25, -0.2) is 9.97 Å². The third-order valence-electron chi connectivity index (χ3n) is 3.78. The number of fused-ring (bicyclic) bond motifs is 2. The second kappa shape index (κ2) is 6.69. The molecule has 0 atom stereocenters. The van der Waals surface area contributed by atoms with E-state index in [-0.39, 0.29) is 16.5 Å². The molecule has 0 saturated heterocycles. The summed E-state index contributed by atoms with van der Waals surface area (Å²) in [7, 11) is 0. The maximum Gasteiger partial charge on any atom is 0.321 e. The average molecular weight is 393 g/mol. The number of hydrogen-bond acceptors (Lipinski definition) is 4. The van der Waals surface area contributed by atoms with Crippen molar-refractivity contribution in [1.29, 1.82) is 0 Å². The summed E-state index contributed by atoms with van der Waals surface area (Å²) >= 11 is 6.99. The zero-order chi connectivity index (χ0) is 18.3. The van der Waals surface area contributed by atoms with Gasteiger partial charge in [0.15, 0.2) is 5.16 Å². The predicted octanol–water partition coefficient (Wildman–Crippen LogP) is 4.39. The first kappa shape index (κ1) is 17.0. The Morgan fingerprint density at radius 2 is 1.96 bits per heavy atom. The van der Waals surface area contributed by atoms with E-state index in [0.29, 0.717) is 27.4 Å². The van der Waals surface area contributed by atoms with E-state index in [1.54, 1.807) is 36.4 Å². The first-order valence-corrected chi connectivity index (χ1v) is 8.95. The van der Waals surface area contributed by atoms with Crippen LogP contribution in [0.4, 0.5) is 8.78 Å². The first-order valence-electron chi connectivity index (χ1n) is 7.59. The normalized spacial score (nSPS) is 11.7. The number of benzene rings is 1. The number of rotatable bonds is 4. The molecule has 4 rings (SSSR count). The van der Waals surface area contributed by atoms with E-state index in [4.69, 9.17) is 11.6 Å². The van der Waals surface area contributed by atoms with Gasteiger partial charge in [0.05, 0.1) is 21.7 Å². The topological polar surface area (TPSA) is 52.2 Å². The van der Waals surface area contributed by atoms with Crippen LogP contribution in [0.15, 0.2) is 58.6 Å². The molecule has 1 aromatic carbocycles. The molecule has 26 heavy (non-hydrogen) atoms. The molecule has 0 aliphatic carbocycles. The summed E-state index contributed by atoms with van der Waals surface area (Å²) in [6, 6.07) is 11.4. The average Bonchev–Trinajstić information content (AvgIpc) is 2.99. The fourth-order valence-corrected chi connectivity index (χ4v) is 3.72. The molecule has 0 aliphatic heterocycles. The van der Waals surface area contributed by atoms with Crippen LogP contribution in [0.1, 0.15) is 12.2 Å². The highest BCUT2D eigenvalue weighted by molar-refractivity contribution is 7.98. The minimum atomic E-state index is -2.71. The van der Waals surface area contributed by atoms with Crippen molar-refractivity contribution in [3.8, 4) is 0 Å². The molecule has 0 unspecified atom stereocenters. The van der Waals surface area contributed by atoms with E-state index in [1.807, 2.05) is 0 Å². The molecule has 0 N–H and O–H groups in total. The lowest BCUT2D eigenvalue weighted by molar-refractivity contribution is 0.0656. The molecule has 0 aliphatic rings. The summed E-state index contributed by atoms with van der Waals surface area (Å²) in [6.45, 7) is -2.71. The number of hydrogen-bond donors (Lipinski definition) is 0. The molecule has 0 saturated carbocycles. The summed E-state index contributed by atoms with van der Waals surface area (Å²) in [4.78, 5) is 20.8. The van der Waals surface area contributed by atoms with Gasteiger partial charge in [-0.05, 0) is 24.3 Å². The standard InChI is InChI=1S/C17H11ClF2N4OS/c18-10-5-6-14-21-11(7-15(25)23(14)8-10)9-26-17-22-12-3-1-2-4-13(12)24(17)16(19)20/h1-8,16H,9H2. The highest BCUT2D eigenvalue weighted by Crippen LogP contribution is 2.30. The number of nitrogens with zero attached hydrogens (tertiary/aromatic N) is 4. The van der Waals surface area contributed by atoms with E-state index in [1.165, 1.54) is 16.7 Å². The van der Waals surface area contributed by atoms with Crippen LogP contribution in [0, 0.1) is 0 Å². The Hall–Kier alpha value is -2.45. The largest absolute Gasteiger partial charge is 0.321 e. The van der Waals surface area contributed by atoms with Gasteiger partial charge < -0.3 is 0 Å². The van der Waals surface area contributed by atoms with Gasteiger partial charge in [-0.1, -0.05) is 35.5 Å². The molecule has 0 radical (unpaired) electrons. The second-order valence-electron chi connectivity index (χ2n) is 5.48. The van der Waals surface area contributed by atoms with E-state index < -0.39 is 6.55 Å². The number of aromatic nitrogens is 4. The zero-order valence-electron chi connectivity index (χ0n) is 13.1. The molecule has 0 bridgehead atoms. The minimum absolute atomic E-state index is 0.180. The Balaban J connectivity index is 1.68. The fourth-order valence-electron chi connectivity index (χ4n) is 2.65. The molecule has 5 nitrogen and oxygen atoms in total. The molecule has 132 valence electrons. The summed E-state index contributed by atoms with van der Waals surface area (Å²) in [6.07, 6.45) is 1.49. The maximum atomic E-state index is 13.5. The molecule has 0 fully saturated rings. The summed E-state index contributed by atoms with van der Waals surface area (Å²) in [5.74, 6) is 0.240. The summed E-state index contributed by atoms with van der Waals surface area (Å²) < 4.78 is 29.1. The third kappa shape index (κ3) is 3.06. The van der Waals surface area contributed by atoms with Gasteiger partial charge >= 0.3 is 6.55 Å². The van der Waals surface area contributed by atoms with E-state index in [0.717, 1.165) is 16.3 Å². The number of pyridine rings is 1. The molecular formula is C17H11ClF2N4OS. The van der Waals surface area contributed by atoms with Crippen molar-refractivity contribution >= 4 is 40.0 Å². The van der Waals surface area contributed by atoms with Crippen molar-refractivity contribution in [2.24, 2.45) is 0 Å². The molecule has 9 heteroatoms. The van der Waals surface area contributed by atoms with Crippen LogP contribution in [-0.2, 0) is 5.75 Å². The zero-order valence-corrected chi connectivity index (χ0v) is 14.7. The molecule has 0 amide bonds. The van der Waals surface area contributed by atoms with E-state index >= 15 is 0 Å². The van der Waals surface area contributed by atoms with Crippen LogP contribution in [0.5, 0.6) is 0 Å². The predicted molar refractivity (Wildman–Crippen MR) is 97.0 cm³/mol. The van der Waals surface area contributed by atoms with Crippen LogP contribution >= 0.6 is 23.4 Å². The highest BCUT2D eigenvalue weighted by Gasteiger charge is 2.18. The van der Waals surface area contributed by atoms with Gasteiger partial charge in [0.2, 0.25) is 0 Å². The Kier molecular flexibility index (Phi) is 4.37. The van der Waals surface area contributed by atoms with Crippen LogP contribution < -0.4 is 5.56 Å². The number of alkyl halides is 2. The van der Waals surface area contributed by atoms with Gasteiger partial charge in [0.25, 0.3) is 5.56 Å². The Bertz CT molecular complexity index is 1170. The first-order chi connectivity index (χ1) is 12.5. The lowest BCUT2D eigenvalue weighted by atomic mass is 10.3. The van der Waals surface area contributed by atoms with Crippen molar-refractivity contribution in [2.75, 3.05) is 0 Å². The van der Waals surface area contributed by atoms with E-state index in [9.17, 15) is 13.6 Å². The number of thioether (sulfide) groups is 1. The highest BCUT2D eigenvalue weighted by atomic mass is 35.5. The van der Waals surface area contributed by atoms with Gasteiger partial charge in [-0.15, -0.1) is 0 Å². The second-order valence-corrected chi connectivity index (χ2v) is 6.86. The van der Waals surface area contributed by atoms with Gasteiger partial charge in [-0.2, -0.15) is 8.78 Å². The van der Waals surface area contributed by atoms with Crippen molar-refractivity contribution in [2.45, 2.75) is 17.5 Å². The lowest BCUT2D eigenvalue weighted by Gasteiger charge is -2.07.